The third kappa shape index (κ3) is 4.38. The highest BCUT2D eigenvalue weighted by atomic mass is 16.2. The summed E-state index contributed by atoms with van der Waals surface area (Å²) in [7, 11) is 0. The summed E-state index contributed by atoms with van der Waals surface area (Å²) in [6.07, 6.45) is 1.38. The van der Waals surface area contributed by atoms with Gasteiger partial charge in [0.05, 0.1) is 0 Å². The van der Waals surface area contributed by atoms with Crippen molar-refractivity contribution in [3.8, 4) is 0 Å². The van der Waals surface area contributed by atoms with E-state index in [1.807, 2.05) is 32.0 Å². The van der Waals surface area contributed by atoms with Gasteiger partial charge in [-0.15, -0.1) is 0 Å². The molecule has 1 heterocycles. The molecule has 1 atom stereocenters. The van der Waals surface area contributed by atoms with Gasteiger partial charge in [0.25, 0.3) is 5.91 Å². The molecule has 1 aliphatic rings. The Labute approximate surface area is 149 Å². The second-order valence-corrected chi connectivity index (χ2v) is 7.45. The fraction of sp³-hybridized carbons (Fsp3) is 0.526. The van der Waals surface area contributed by atoms with Crippen LogP contribution in [0.4, 0.5) is 10.5 Å². The zero-order chi connectivity index (χ0) is 18.8. The van der Waals surface area contributed by atoms with Crippen LogP contribution >= 0.6 is 0 Å². The highest BCUT2D eigenvalue weighted by Crippen LogP contribution is 2.25. The molecule has 0 aromatic heterocycles. The van der Waals surface area contributed by atoms with Gasteiger partial charge in [0.15, 0.2) is 0 Å². The quantitative estimate of drug-likeness (QED) is 0.778. The predicted octanol–water partition coefficient (Wildman–Crippen LogP) is 2.99. The van der Waals surface area contributed by atoms with Crippen LogP contribution in [0.25, 0.3) is 0 Å². The van der Waals surface area contributed by atoms with Crippen LogP contribution in [-0.2, 0) is 9.59 Å². The van der Waals surface area contributed by atoms with Crippen LogP contribution in [0.2, 0.25) is 0 Å². The van der Waals surface area contributed by atoms with E-state index in [-0.39, 0.29) is 18.4 Å². The fourth-order valence-corrected chi connectivity index (χ4v) is 2.84. The number of hydrogen-bond donors (Lipinski definition) is 2. The number of carbonyl (C=O) groups excluding carboxylic acids is 3. The highest BCUT2D eigenvalue weighted by Gasteiger charge is 2.47. The second-order valence-electron chi connectivity index (χ2n) is 7.45. The van der Waals surface area contributed by atoms with Crippen LogP contribution in [0, 0.1) is 19.8 Å². The van der Waals surface area contributed by atoms with Crippen molar-refractivity contribution in [2.45, 2.75) is 53.0 Å². The molecule has 136 valence electrons. The van der Waals surface area contributed by atoms with E-state index in [4.69, 9.17) is 0 Å². The monoisotopic (exact) mass is 345 g/mol. The average Bonchev–Trinajstić information content (AvgIpc) is 2.73. The highest BCUT2D eigenvalue weighted by molar-refractivity contribution is 6.10. The summed E-state index contributed by atoms with van der Waals surface area (Å²) in [5, 5.41) is 5.52. The Hall–Kier alpha value is -2.37. The number of rotatable bonds is 6. The van der Waals surface area contributed by atoms with Crippen LogP contribution in [0.15, 0.2) is 18.2 Å². The van der Waals surface area contributed by atoms with E-state index >= 15 is 0 Å². The van der Waals surface area contributed by atoms with Crippen LogP contribution in [0.3, 0.4) is 0 Å². The molecule has 1 aromatic rings. The summed E-state index contributed by atoms with van der Waals surface area (Å²) < 4.78 is 0. The van der Waals surface area contributed by atoms with Crippen molar-refractivity contribution in [1.29, 1.82) is 0 Å². The van der Waals surface area contributed by atoms with Gasteiger partial charge in [-0.1, -0.05) is 26.0 Å². The average molecular weight is 345 g/mol. The number of anilines is 1. The summed E-state index contributed by atoms with van der Waals surface area (Å²) in [6.45, 7) is 9.41. The Bertz CT molecular complexity index is 699. The first-order chi connectivity index (χ1) is 11.6. The zero-order valence-corrected chi connectivity index (χ0v) is 15.6. The van der Waals surface area contributed by atoms with E-state index in [0.29, 0.717) is 18.0 Å². The molecule has 1 aliphatic heterocycles. The number of benzene rings is 1. The van der Waals surface area contributed by atoms with Gasteiger partial charge in [0.1, 0.15) is 12.1 Å². The lowest BCUT2D eigenvalue weighted by molar-refractivity contribution is -0.133. The molecule has 6 nitrogen and oxygen atoms in total. The van der Waals surface area contributed by atoms with E-state index in [2.05, 4.69) is 24.5 Å². The largest absolute Gasteiger partial charge is 0.325 e. The van der Waals surface area contributed by atoms with Gasteiger partial charge in [-0.3, -0.25) is 14.5 Å². The molecule has 1 aromatic carbocycles. The van der Waals surface area contributed by atoms with Crippen LogP contribution in [0.1, 0.15) is 44.7 Å². The number of urea groups is 1. The number of hydrogen-bond acceptors (Lipinski definition) is 3. The molecule has 0 radical (unpaired) electrons. The SMILES string of the molecule is Cc1ccc(C)c(NC(=O)CN2C(=O)N[C@@](C)(CCC(C)C)C2=O)c1. The minimum Gasteiger partial charge on any atom is -0.324 e. The maximum atomic E-state index is 12.6. The second kappa shape index (κ2) is 7.25. The number of nitrogens with zero attached hydrogens (tertiary/aromatic N) is 1. The maximum absolute atomic E-state index is 12.6. The Morgan fingerprint density at radius 3 is 2.60 bits per heavy atom. The van der Waals surface area contributed by atoms with E-state index in [0.717, 1.165) is 22.4 Å². The fourth-order valence-electron chi connectivity index (χ4n) is 2.84. The summed E-state index contributed by atoms with van der Waals surface area (Å²) in [6, 6.07) is 5.24. The Balaban J connectivity index is 2.04. The normalized spacial score (nSPS) is 20.2. The lowest BCUT2D eigenvalue weighted by Gasteiger charge is -2.22. The van der Waals surface area contributed by atoms with Crippen LogP contribution < -0.4 is 10.6 Å². The standard InChI is InChI=1S/C19H27N3O3/c1-12(2)8-9-19(5)17(24)22(18(25)21-19)11-16(23)20-15-10-13(3)6-7-14(15)4/h6-7,10,12H,8-9,11H2,1-5H3,(H,20,23)(H,21,25)/t19-/m0/s1. The number of amides is 4. The maximum Gasteiger partial charge on any atom is 0.325 e. The van der Waals surface area contributed by atoms with Gasteiger partial charge in [0, 0.05) is 5.69 Å². The molecule has 0 unspecified atom stereocenters. The van der Waals surface area contributed by atoms with Gasteiger partial charge in [-0.2, -0.15) is 0 Å². The van der Waals surface area contributed by atoms with E-state index < -0.39 is 11.6 Å². The molecule has 25 heavy (non-hydrogen) atoms. The topological polar surface area (TPSA) is 78.5 Å². The molecule has 2 N–H and O–H groups in total. The van der Waals surface area contributed by atoms with Gasteiger partial charge in [-0.25, -0.2) is 4.79 Å². The number of nitrogens with one attached hydrogen (secondary N) is 2. The van der Waals surface area contributed by atoms with Gasteiger partial charge >= 0.3 is 6.03 Å². The molecular formula is C19H27N3O3. The number of imide groups is 1. The first-order valence-electron chi connectivity index (χ1n) is 8.63. The van der Waals surface area contributed by atoms with Gasteiger partial charge in [-0.05, 0) is 56.7 Å². The number of carbonyl (C=O) groups is 3. The zero-order valence-electron chi connectivity index (χ0n) is 15.6. The first kappa shape index (κ1) is 19.0. The van der Waals surface area contributed by atoms with E-state index in [1.165, 1.54) is 0 Å². The summed E-state index contributed by atoms with van der Waals surface area (Å²) in [5.41, 5.74) is 1.72. The van der Waals surface area contributed by atoms with Crippen molar-refractivity contribution < 1.29 is 14.4 Å². The van der Waals surface area contributed by atoms with Crippen molar-refractivity contribution >= 4 is 23.5 Å². The van der Waals surface area contributed by atoms with Gasteiger partial charge in [0.2, 0.25) is 5.91 Å². The molecule has 2 rings (SSSR count). The minimum absolute atomic E-state index is 0.282. The van der Waals surface area contributed by atoms with Crippen LogP contribution in [-0.4, -0.2) is 34.8 Å². The molecule has 0 bridgehead atoms. The Morgan fingerprint density at radius 2 is 1.96 bits per heavy atom. The lowest BCUT2D eigenvalue weighted by Crippen LogP contribution is -2.44. The third-order valence-electron chi connectivity index (χ3n) is 4.54. The summed E-state index contributed by atoms with van der Waals surface area (Å²) in [4.78, 5) is 38.1. The predicted molar refractivity (Wildman–Crippen MR) is 97.3 cm³/mol. The lowest BCUT2D eigenvalue weighted by atomic mass is 9.92. The summed E-state index contributed by atoms with van der Waals surface area (Å²) in [5.74, 6) is -0.289. The molecule has 0 spiro atoms. The smallest absolute Gasteiger partial charge is 0.324 e. The minimum atomic E-state index is -0.930. The summed E-state index contributed by atoms with van der Waals surface area (Å²) >= 11 is 0. The third-order valence-corrected chi connectivity index (χ3v) is 4.54. The molecule has 0 aliphatic carbocycles. The van der Waals surface area contributed by atoms with E-state index in [9.17, 15) is 14.4 Å². The van der Waals surface area contributed by atoms with Crippen molar-refractivity contribution in [3.63, 3.8) is 0 Å². The van der Waals surface area contributed by atoms with Crippen LogP contribution in [0.5, 0.6) is 0 Å². The molecule has 4 amide bonds. The van der Waals surface area contributed by atoms with Gasteiger partial charge < -0.3 is 10.6 Å². The molecular weight excluding hydrogens is 318 g/mol. The number of aryl methyl sites for hydroxylation is 2. The van der Waals surface area contributed by atoms with Crippen molar-refractivity contribution in [1.82, 2.24) is 10.2 Å². The van der Waals surface area contributed by atoms with Crippen molar-refractivity contribution in [2.75, 3.05) is 11.9 Å². The Morgan fingerprint density at radius 1 is 1.28 bits per heavy atom. The molecule has 1 saturated heterocycles. The van der Waals surface area contributed by atoms with Crippen molar-refractivity contribution in [2.24, 2.45) is 5.92 Å². The molecule has 6 heteroatoms. The first-order valence-corrected chi connectivity index (χ1v) is 8.63. The molecule has 0 saturated carbocycles. The Kier molecular flexibility index (Phi) is 5.50. The molecule has 1 fully saturated rings. The van der Waals surface area contributed by atoms with Crippen molar-refractivity contribution in [3.05, 3.63) is 29.3 Å². The van der Waals surface area contributed by atoms with E-state index in [1.54, 1.807) is 6.92 Å².